The lowest BCUT2D eigenvalue weighted by Crippen LogP contribution is -2.37. The van der Waals surface area contributed by atoms with Crippen LogP contribution in [0.3, 0.4) is 0 Å². The molecule has 1 aliphatic rings. The third-order valence-electron chi connectivity index (χ3n) is 4.76. The largest absolute Gasteiger partial charge is 0.356 e. The number of guanidine groups is 1. The molecule has 0 aromatic carbocycles. The number of rotatable bonds is 6. The normalized spacial score (nSPS) is 14.3. The van der Waals surface area contributed by atoms with E-state index in [1.807, 2.05) is 6.92 Å². The maximum Gasteiger partial charge on any atom is 0.191 e. The van der Waals surface area contributed by atoms with E-state index in [-0.39, 0.29) is 24.0 Å². The number of hydrogen-bond donors (Lipinski definition) is 2. The monoisotopic (exact) mass is 503 g/mol. The van der Waals surface area contributed by atoms with Gasteiger partial charge in [-0.1, -0.05) is 6.42 Å². The zero-order valence-corrected chi connectivity index (χ0v) is 19.6. The van der Waals surface area contributed by atoms with Crippen LogP contribution >= 0.6 is 35.3 Å². The molecule has 0 aliphatic carbocycles. The molecule has 27 heavy (non-hydrogen) atoms. The highest BCUT2D eigenvalue weighted by atomic mass is 127. The van der Waals surface area contributed by atoms with Gasteiger partial charge in [0.25, 0.3) is 0 Å². The Labute approximate surface area is 182 Å². The number of aliphatic imine (C=N–C) groups is 1. The number of nitrogens with one attached hydrogen (secondary N) is 2. The van der Waals surface area contributed by atoms with Gasteiger partial charge in [0.2, 0.25) is 0 Å². The molecule has 1 aliphatic heterocycles. The van der Waals surface area contributed by atoms with Crippen LogP contribution in [0.4, 0.5) is 0 Å². The highest BCUT2D eigenvalue weighted by molar-refractivity contribution is 14.0. The molecule has 2 aromatic rings. The number of fused-ring (bicyclic) bond motifs is 1. The molecule has 0 unspecified atom stereocenters. The van der Waals surface area contributed by atoms with Crippen molar-refractivity contribution >= 4 is 41.3 Å². The van der Waals surface area contributed by atoms with E-state index in [0.29, 0.717) is 6.54 Å². The Balaban J connectivity index is 0.00000261. The topological polar surface area (TPSA) is 80.0 Å². The molecular formula is C18H30IN7S. The van der Waals surface area contributed by atoms with Gasteiger partial charge >= 0.3 is 0 Å². The van der Waals surface area contributed by atoms with Gasteiger partial charge in [-0.05, 0) is 33.1 Å². The maximum absolute atomic E-state index is 4.55. The Morgan fingerprint density at radius 3 is 2.78 bits per heavy atom. The third-order valence-corrected chi connectivity index (χ3v) is 5.83. The average molecular weight is 503 g/mol. The van der Waals surface area contributed by atoms with Gasteiger partial charge in [-0.3, -0.25) is 4.99 Å². The quantitative estimate of drug-likeness (QED) is 0.274. The predicted molar refractivity (Wildman–Crippen MR) is 121 cm³/mol. The summed E-state index contributed by atoms with van der Waals surface area (Å²) in [4.78, 5) is 10.1. The molecule has 9 heteroatoms. The first-order chi connectivity index (χ1) is 12.7. The second-order valence-electron chi connectivity index (χ2n) is 6.70. The van der Waals surface area contributed by atoms with E-state index in [1.165, 1.54) is 24.1 Å². The van der Waals surface area contributed by atoms with Crippen molar-refractivity contribution in [3.05, 3.63) is 27.2 Å². The van der Waals surface area contributed by atoms with Crippen molar-refractivity contribution in [2.24, 2.45) is 4.99 Å². The van der Waals surface area contributed by atoms with Crippen LogP contribution in [0.25, 0.3) is 0 Å². The van der Waals surface area contributed by atoms with Gasteiger partial charge in [0.15, 0.2) is 5.96 Å². The molecule has 2 aromatic heterocycles. The first kappa shape index (κ1) is 22.1. The molecule has 0 atom stereocenters. The summed E-state index contributed by atoms with van der Waals surface area (Å²) in [6, 6.07) is 0. The minimum absolute atomic E-state index is 0. The Morgan fingerprint density at radius 2 is 2.04 bits per heavy atom. The molecular weight excluding hydrogens is 473 g/mol. The number of aryl methyl sites for hydroxylation is 4. The minimum Gasteiger partial charge on any atom is -0.356 e. The molecule has 0 radical (unpaired) electrons. The molecule has 0 fully saturated rings. The van der Waals surface area contributed by atoms with E-state index < -0.39 is 0 Å². The third kappa shape index (κ3) is 6.13. The molecule has 2 N–H and O–H groups in total. The van der Waals surface area contributed by atoms with E-state index in [4.69, 9.17) is 0 Å². The Bertz CT molecular complexity index is 733. The summed E-state index contributed by atoms with van der Waals surface area (Å²) in [5, 5.41) is 16.6. The molecule has 0 amide bonds. The number of hydrogen-bond acceptors (Lipinski definition) is 5. The molecule has 3 rings (SSSR count). The summed E-state index contributed by atoms with van der Waals surface area (Å²) >= 11 is 1.73. The lowest BCUT2D eigenvalue weighted by Gasteiger charge is -2.11. The van der Waals surface area contributed by atoms with Crippen molar-refractivity contribution in [1.29, 1.82) is 0 Å². The van der Waals surface area contributed by atoms with Crippen LogP contribution in [0.1, 0.15) is 52.9 Å². The number of halogens is 1. The van der Waals surface area contributed by atoms with Crippen LogP contribution in [0, 0.1) is 13.8 Å². The van der Waals surface area contributed by atoms with Crippen LogP contribution in [0.2, 0.25) is 0 Å². The van der Waals surface area contributed by atoms with Crippen LogP contribution < -0.4 is 10.6 Å². The van der Waals surface area contributed by atoms with E-state index in [2.05, 4.69) is 42.3 Å². The van der Waals surface area contributed by atoms with Gasteiger partial charge in [-0.25, -0.2) is 4.98 Å². The number of nitrogens with zero attached hydrogens (tertiary/aromatic N) is 5. The fourth-order valence-corrected chi connectivity index (χ4v) is 4.05. The summed E-state index contributed by atoms with van der Waals surface area (Å²) in [7, 11) is 1.80. The number of aromatic nitrogens is 4. The van der Waals surface area contributed by atoms with Crippen molar-refractivity contribution in [1.82, 2.24) is 30.4 Å². The summed E-state index contributed by atoms with van der Waals surface area (Å²) in [5.41, 5.74) is 1.11. The molecule has 0 saturated heterocycles. The lowest BCUT2D eigenvalue weighted by atomic mass is 10.2. The summed E-state index contributed by atoms with van der Waals surface area (Å²) in [5.74, 6) is 3.10. The molecule has 0 bridgehead atoms. The fourth-order valence-electron chi connectivity index (χ4n) is 3.18. The predicted octanol–water partition coefficient (Wildman–Crippen LogP) is 2.99. The molecule has 3 heterocycles. The zero-order chi connectivity index (χ0) is 18.4. The molecule has 7 nitrogen and oxygen atoms in total. The highest BCUT2D eigenvalue weighted by Crippen LogP contribution is 2.16. The van der Waals surface area contributed by atoms with Crippen LogP contribution in [0.15, 0.2) is 4.99 Å². The average Bonchev–Trinajstić information content (AvgIpc) is 3.07. The van der Waals surface area contributed by atoms with Gasteiger partial charge in [-0.15, -0.1) is 45.5 Å². The first-order valence-electron chi connectivity index (χ1n) is 9.45. The lowest BCUT2D eigenvalue weighted by molar-refractivity contribution is 0.594. The summed E-state index contributed by atoms with van der Waals surface area (Å²) in [6.45, 7) is 6.79. The standard InChI is InChI=1S/C18H29N7S.HI/c1-13-14(2)26-17(22-13)12-21-18(19-3)20-10-7-9-16-24-23-15-8-5-4-6-11-25(15)16;/h4-12H2,1-3H3,(H2,19,20,21);1H. The molecule has 150 valence electrons. The second kappa shape index (κ2) is 10.9. The van der Waals surface area contributed by atoms with Crippen molar-refractivity contribution in [3.8, 4) is 0 Å². The van der Waals surface area contributed by atoms with Gasteiger partial charge in [0, 0.05) is 37.9 Å². The van der Waals surface area contributed by atoms with Gasteiger partial charge in [0.1, 0.15) is 16.7 Å². The Kier molecular flexibility index (Phi) is 8.94. The van der Waals surface area contributed by atoms with E-state index in [0.717, 1.165) is 60.7 Å². The molecule has 0 spiro atoms. The summed E-state index contributed by atoms with van der Waals surface area (Å²) < 4.78 is 2.33. The maximum atomic E-state index is 4.55. The zero-order valence-electron chi connectivity index (χ0n) is 16.4. The number of thiazole rings is 1. The van der Waals surface area contributed by atoms with Crippen LogP contribution in [-0.2, 0) is 25.9 Å². The van der Waals surface area contributed by atoms with E-state index >= 15 is 0 Å². The fraction of sp³-hybridized carbons (Fsp3) is 0.667. The van der Waals surface area contributed by atoms with Crippen molar-refractivity contribution in [2.45, 2.75) is 65.5 Å². The van der Waals surface area contributed by atoms with Crippen LogP contribution in [0.5, 0.6) is 0 Å². The van der Waals surface area contributed by atoms with Gasteiger partial charge in [0.05, 0.1) is 12.2 Å². The van der Waals surface area contributed by atoms with Crippen molar-refractivity contribution in [3.63, 3.8) is 0 Å². The minimum atomic E-state index is 0. The van der Waals surface area contributed by atoms with Gasteiger partial charge in [-0.2, -0.15) is 0 Å². The highest BCUT2D eigenvalue weighted by Gasteiger charge is 2.14. The smallest absolute Gasteiger partial charge is 0.191 e. The van der Waals surface area contributed by atoms with Crippen molar-refractivity contribution in [2.75, 3.05) is 13.6 Å². The first-order valence-corrected chi connectivity index (χ1v) is 10.3. The Hall–Kier alpha value is -1.23. The van der Waals surface area contributed by atoms with Crippen LogP contribution in [-0.4, -0.2) is 39.3 Å². The SMILES string of the molecule is CN=C(NCCCc1nnc2n1CCCCC2)NCc1nc(C)c(C)s1.I. The van der Waals surface area contributed by atoms with E-state index in [1.54, 1.807) is 18.4 Å². The summed E-state index contributed by atoms with van der Waals surface area (Å²) in [6.07, 6.45) is 6.79. The second-order valence-corrected chi connectivity index (χ2v) is 7.99. The molecule has 0 saturated carbocycles. The van der Waals surface area contributed by atoms with E-state index in [9.17, 15) is 0 Å². The van der Waals surface area contributed by atoms with Crippen molar-refractivity contribution < 1.29 is 0 Å². The Morgan fingerprint density at radius 1 is 1.19 bits per heavy atom. The van der Waals surface area contributed by atoms with Gasteiger partial charge < -0.3 is 15.2 Å².